The Morgan fingerprint density at radius 3 is 2.65 bits per heavy atom. The van der Waals surface area contributed by atoms with Crippen LogP contribution in [-0.2, 0) is 11.3 Å². The second-order valence-corrected chi connectivity index (χ2v) is 7.05. The van der Waals surface area contributed by atoms with Crippen LogP contribution < -0.4 is 5.32 Å². The number of Topliss-reactive ketones (excluding diaryl/α,β-unsaturated/α-hetero) is 1. The van der Waals surface area contributed by atoms with Crippen LogP contribution in [-0.4, -0.2) is 11.7 Å². The molecule has 0 atom stereocenters. The van der Waals surface area contributed by atoms with Gasteiger partial charge in [0.05, 0.1) is 15.8 Å². The van der Waals surface area contributed by atoms with E-state index in [1.54, 1.807) is 23.5 Å². The van der Waals surface area contributed by atoms with Gasteiger partial charge in [0.1, 0.15) is 0 Å². The molecule has 1 N–H and O–H groups in total. The van der Waals surface area contributed by atoms with Crippen molar-refractivity contribution in [3.63, 3.8) is 0 Å². The molecule has 20 heavy (non-hydrogen) atoms. The van der Waals surface area contributed by atoms with E-state index in [-0.39, 0.29) is 24.5 Å². The molecule has 0 saturated heterocycles. The number of amides is 1. The normalized spacial score (nSPS) is 10.5. The fourth-order valence-electron chi connectivity index (χ4n) is 1.67. The van der Waals surface area contributed by atoms with Crippen LogP contribution in [0, 0.1) is 6.92 Å². The lowest BCUT2D eigenvalue weighted by Gasteiger charge is -2.04. The monoisotopic (exact) mass is 327 g/mol. The smallest absolute Gasteiger partial charge is 0.220 e. The third kappa shape index (κ3) is 4.16. The summed E-state index contributed by atoms with van der Waals surface area (Å²) in [7, 11) is 0. The Morgan fingerprint density at radius 1 is 1.25 bits per heavy atom. The zero-order valence-corrected chi connectivity index (χ0v) is 13.3. The first-order chi connectivity index (χ1) is 9.56. The minimum Gasteiger partial charge on any atom is -0.351 e. The predicted octanol–water partition coefficient (Wildman–Crippen LogP) is 4.05. The summed E-state index contributed by atoms with van der Waals surface area (Å²) in [6.07, 6.45) is 0.422. The van der Waals surface area contributed by atoms with Crippen LogP contribution in [0.1, 0.15) is 33.0 Å². The van der Waals surface area contributed by atoms with Crippen LogP contribution in [0.25, 0.3) is 0 Å². The van der Waals surface area contributed by atoms with Crippen LogP contribution in [0.4, 0.5) is 0 Å². The molecule has 2 aromatic heterocycles. The standard InChI is InChI=1S/C14H14ClNO2S2/c1-9-6-7-19-12(9)8-16-14(18)5-2-10(17)11-3-4-13(15)20-11/h3-4,6-7H,2,5,8H2,1H3,(H,16,18). The molecule has 0 saturated carbocycles. The topological polar surface area (TPSA) is 46.2 Å². The second-order valence-electron chi connectivity index (χ2n) is 4.33. The number of carbonyl (C=O) groups is 2. The van der Waals surface area contributed by atoms with E-state index in [9.17, 15) is 9.59 Å². The minimum atomic E-state index is -0.103. The molecule has 0 bridgehead atoms. The lowest BCUT2D eigenvalue weighted by molar-refractivity contribution is -0.121. The zero-order valence-electron chi connectivity index (χ0n) is 10.9. The van der Waals surface area contributed by atoms with Crippen LogP contribution in [0.3, 0.4) is 0 Å². The van der Waals surface area contributed by atoms with Crippen molar-refractivity contribution >= 4 is 46.0 Å². The summed E-state index contributed by atoms with van der Waals surface area (Å²) in [5.41, 5.74) is 1.18. The Balaban J connectivity index is 1.75. The minimum absolute atomic E-state index is 0.0376. The van der Waals surface area contributed by atoms with Gasteiger partial charge in [-0.1, -0.05) is 11.6 Å². The van der Waals surface area contributed by atoms with Crippen molar-refractivity contribution in [2.45, 2.75) is 26.3 Å². The van der Waals surface area contributed by atoms with Crippen molar-refractivity contribution in [2.75, 3.05) is 0 Å². The average Bonchev–Trinajstić information content (AvgIpc) is 3.02. The lowest BCUT2D eigenvalue weighted by atomic mass is 10.2. The molecule has 2 aromatic rings. The largest absolute Gasteiger partial charge is 0.351 e. The fourth-order valence-corrected chi connectivity index (χ4v) is 3.52. The van der Waals surface area contributed by atoms with Crippen LogP contribution in [0.15, 0.2) is 23.6 Å². The highest BCUT2D eigenvalue weighted by Gasteiger charge is 2.11. The SMILES string of the molecule is Cc1ccsc1CNC(=O)CCC(=O)c1ccc(Cl)s1. The highest BCUT2D eigenvalue weighted by atomic mass is 35.5. The summed E-state index contributed by atoms with van der Waals surface area (Å²) in [5.74, 6) is -0.141. The molecule has 0 aromatic carbocycles. The summed E-state index contributed by atoms with van der Waals surface area (Å²) in [6, 6.07) is 5.41. The van der Waals surface area contributed by atoms with Gasteiger partial charge >= 0.3 is 0 Å². The molecule has 0 aliphatic rings. The van der Waals surface area contributed by atoms with Gasteiger partial charge in [0.25, 0.3) is 0 Å². The van der Waals surface area contributed by atoms with E-state index in [0.717, 1.165) is 4.88 Å². The highest BCUT2D eigenvalue weighted by Crippen LogP contribution is 2.22. The Hall–Kier alpha value is -1.17. The maximum absolute atomic E-state index is 11.8. The van der Waals surface area contributed by atoms with E-state index < -0.39 is 0 Å². The van der Waals surface area contributed by atoms with Gasteiger partial charge in [-0.3, -0.25) is 9.59 Å². The van der Waals surface area contributed by atoms with Gasteiger partial charge in [0.15, 0.2) is 5.78 Å². The first-order valence-corrected chi connectivity index (χ1v) is 8.22. The Bertz CT molecular complexity index is 618. The van der Waals surface area contributed by atoms with Gasteiger partial charge in [-0.15, -0.1) is 22.7 Å². The highest BCUT2D eigenvalue weighted by molar-refractivity contribution is 7.18. The van der Waals surface area contributed by atoms with Gasteiger partial charge in [-0.2, -0.15) is 0 Å². The summed E-state index contributed by atoms with van der Waals surface area (Å²) in [4.78, 5) is 25.3. The van der Waals surface area contributed by atoms with E-state index in [0.29, 0.717) is 15.8 Å². The van der Waals surface area contributed by atoms with Gasteiger partial charge in [0, 0.05) is 17.7 Å². The fraction of sp³-hybridized carbons (Fsp3) is 0.286. The maximum atomic E-state index is 11.8. The van der Waals surface area contributed by atoms with Gasteiger partial charge in [-0.05, 0) is 36.1 Å². The van der Waals surface area contributed by atoms with Gasteiger partial charge in [0.2, 0.25) is 5.91 Å². The molecule has 3 nitrogen and oxygen atoms in total. The van der Waals surface area contributed by atoms with Crippen molar-refractivity contribution < 1.29 is 9.59 Å². The Labute approximate surface area is 130 Å². The quantitative estimate of drug-likeness (QED) is 0.813. The van der Waals surface area contributed by atoms with E-state index in [4.69, 9.17) is 11.6 Å². The molecule has 0 aliphatic heterocycles. The number of ketones is 1. The average molecular weight is 328 g/mol. The van der Waals surface area contributed by atoms with Crippen LogP contribution in [0.2, 0.25) is 4.34 Å². The summed E-state index contributed by atoms with van der Waals surface area (Å²) in [5, 5.41) is 4.84. The van der Waals surface area contributed by atoms with Crippen molar-refractivity contribution in [3.8, 4) is 0 Å². The third-order valence-electron chi connectivity index (χ3n) is 2.84. The number of aryl methyl sites for hydroxylation is 1. The first kappa shape index (κ1) is 15.2. The number of carbonyl (C=O) groups excluding carboxylic acids is 2. The number of halogens is 1. The number of hydrogen-bond acceptors (Lipinski definition) is 4. The molecule has 0 unspecified atom stereocenters. The van der Waals surface area contributed by atoms with Crippen LogP contribution >= 0.6 is 34.3 Å². The van der Waals surface area contributed by atoms with E-state index in [1.807, 2.05) is 18.4 Å². The molecular formula is C14H14ClNO2S2. The van der Waals surface area contributed by atoms with Crippen molar-refractivity contribution in [3.05, 3.63) is 43.2 Å². The van der Waals surface area contributed by atoms with Gasteiger partial charge in [-0.25, -0.2) is 0 Å². The molecule has 0 aliphatic carbocycles. The first-order valence-electron chi connectivity index (χ1n) is 6.14. The number of nitrogens with one attached hydrogen (secondary N) is 1. The van der Waals surface area contributed by atoms with E-state index in [2.05, 4.69) is 5.32 Å². The molecule has 106 valence electrons. The third-order valence-corrected chi connectivity index (χ3v) is 5.14. The molecular weight excluding hydrogens is 314 g/mol. The molecule has 1 amide bonds. The lowest BCUT2D eigenvalue weighted by Crippen LogP contribution is -2.23. The molecule has 0 spiro atoms. The molecule has 2 heterocycles. The van der Waals surface area contributed by atoms with Crippen molar-refractivity contribution in [1.82, 2.24) is 5.32 Å². The molecule has 0 fully saturated rings. The molecule has 6 heteroatoms. The predicted molar refractivity (Wildman–Crippen MR) is 83.8 cm³/mol. The molecule has 2 rings (SSSR count). The Morgan fingerprint density at radius 2 is 2.05 bits per heavy atom. The van der Waals surface area contributed by atoms with Crippen molar-refractivity contribution in [2.24, 2.45) is 0 Å². The second kappa shape index (κ2) is 7.02. The van der Waals surface area contributed by atoms with Crippen molar-refractivity contribution in [1.29, 1.82) is 0 Å². The zero-order chi connectivity index (χ0) is 14.5. The summed E-state index contributed by atoms with van der Waals surface area (Å²) >= 11 is 8.64. The summed E-state index contributed by atoms with van der Waals surface area (Å²) in [6.45, 7) is 2.55. The summed E-state index contributed by atoms with van der Waals surface area (Å²) < 4.78 is 0.589. The number of rotatable bonds is 6. The van der Waals surface area contributed by atoms with Gasteiger partial charge < -0.3 is 5.32 Å². The van der Waals surface area contributed by atoms with E-state index >= 15 is 0 Å². The van der Waals surface area contributed by atoms with E-state index in [1.165, 1.54) is 16.9 Å². The number of hydrogen-bond donors (Lipinski definition) is 1. The maximum Gasteiger partial charge on any atom is 0.220 e. The van der Waals surface area contributed by atoms with Crippen LogP contribution in [0.5, 0.6) is 0 Å². The number of thiophene rings is 2. The molecule has 0 radical (unpaired) electrons. The Kier molecular flexibility index (Phi) is 5.34.